The van der Waals surface area contributed by atoms with E-state index in [1.54, 1.807) is 0 Å². The molecule has 0 N–H and O–H groups in total. The van der Waals surface area contributed by atoms with Gasteiger partial charge in [-0.2, -0.15) is 13.2 Å². The molecule has 1 aliphatic rings. The smallest absolute Gasteiger partial charge is 0.352 e. The molecule has 1 fully saturated rings. The third-order valence-corrected chi connectivity index (χ3v) is 3.16. The first kappa shape index (κ1) is 15.7. The molecule has 0 spiro atoms. The van der Waals surface area contributed by atoms with Gasteiger partial charge < -0.3 is 9.47 Å². The Hall–Kier alpha value is -0.330. The Bertz CT molecular complexity index is 222. The van der Waals surface area contributed by atoms with Gasteiger partial charge in [-0.15, -0.1) is 0 Å². The molecule has 6 heteroatoms. The first-order valence-corrected chi connectivity index (χ1v) is 6.49. The van der Waals surface area contributed by atoms with Crippen LogP contribution < -0.4 is 0 Å². The molecule has 0 aromatic carbocycles. The molecule has 0 saturated carbocycles. The summed E-state index contributed by atoms with van der Waals surface area (Å²) in [7, 11) is 0. The molecule has 1 aliphatic heterocycles. The van der Waals surface area contributed by atoms with Crippen LogP contribution in [-0.4, -0.2) is 50.2 Å². The molecule has 0 aliphatic carbocycles. The molecular formula is C12H22F3NO2. The van der Waals surface area contributed by atoms with Crippen LogP contribution in [0.1, 0.15) is 26.7 Å². The van der Waals surface area contributed by atoms with E-state index in [-0.39, 0.29) is 19.1 Å². The zero-order valence-electron chi connectivity index (χ0n) is 11.0. The minimum absolute atomic E-state index is 0.175. The van der Waals surface area contributed by atoms with Crippen LogP contribution in [0.3, 0.4) is 0 Å². The van der Waals surface area contributed by atoms with Crippen molar-refractivity contribution in [1.29, 1.82) is 0 Å². The van der Waals surface area contributed by atoms with Gasteiger partial charge in [0, 0.05) is 19.8 Å². The van der Waals surface area contributed by atoms with E-state index in [4.69, 9.17) is 9.47 Å². The molecule has 0 radical (unpaired) electrons. The third kappa shape index (κ3) is 5.12. The summed E-state index contributed by atoms with van der Waals surface area (Å²) in [5.41, 5.74) is 0. The summed E-state index contributed by atoms with van der Waals surface area (Å²) in [5.74, 6) is -1.15. The van der Waals surface area contributed by atoms with Gasteiger partial charge in [0.15, 0.2) is 6.29 Å². The second kappa shape index (κ2) is 7.31. The maximum atomic E-state index is 12.5. The van der Waals surface area contributed by atoms with Crippen LogP contribution in [0.5, 0.6) is 0 Å². The summed E-state index contributed by atoms with van der Waals surface area (Å²) in [4.78, 5) is 1.98. The van der Waals surface area contributed by atoms with Crippen molar-refractivity contribution in [3.05, 3.63) is 0 Å². The molecule has 0 amide bonds. The zero-order chi connectivity index (χ0) is 13.6. The van der Waals surface area contributed by atoms with Crippen molar-refractivity contribution in [3.8, 4) is 0 Å². The summed E-state index contributed by atoms with van der Waals surface area (Å²) in [6, 6.07) is 0. The van der Waals surface area contributed by atoms with Crippen LogP contribution in [0.15, 0.2) is 0 Å². The predicted octanol–water partition coefficient (Wildman–Crippen LogP) is 2.66. The number of hydrogen-bond donors (Lipinski definition) is 0. The number of halogens is 3. The topological polar surface area (TPSA) is 21.7 Å². The minimum atomic E-state index is -4.05. The zero-order valence-corrected chi connectivity index (χ0v) is 11.0. The Morgan fingerprint density at radius 1 is 1.11 bits per heavy atom. The van der Waals surface area contributed by atoms with E-state index >= 15 is 0 Å². The normalized spacial score (nSPS) is 19.7. The van der Waals surface area contributed by atoms with Crippen molar-refractivity contribution in [2.24, 2.45) is 5.92 Å². The van der Waals surface area contributed by atoms with Crippen molar-refractivity contribution in [1.82, 2.24) is 4.90 Å². The molecule has 1 saturated heterocycles. The first-order chi connectivity index (χ1) is 8.47. The second-order valence-electron chi connectivity index (χ2n) is 4.46. The number of alkyl halides is 3. The lowest BCUT2D eigenvalue weighted by atomic mass is 9.96. The highest BCUT2D eigenvalue weighted by atomic mass is 19.4. The molecule has 0 atom stereocenters. The van der Waals surface area contributed by atoms with Gasteiger partial charge in [0.2, 0.25) is 0 Å². The van der Waals surface area contributed by atoms with Gasteiger partial charge in [-0.25, -0.2) is 0 Å². The third-order valence-electron chi connectivity index (χ3n) is 3.16. The lowest BCUT2D eigenvalue weighted by Gasteiger charge is -2.34. The molecule has 0 bridgehead atoms. The van der Waals surface area contributed by atoms with Gasteiger partial charge in [0.05, 0.1) is 5.92 Å². The number of likely N-dealkylation sites (tertiary alicyclic amines) is 1. The number of piperidine rings is 1. The minimum Gasteiger partial charge on any atom is -0.352 e. The summed E-state index contributed by atoms with van der Waals surface area (Å²) in [6.07, 6.45) is -4.03. The number of hydrogen-bond acceptors (Lipinski definition) is 3. The highest BCUT2D eigenvalue weighted by Gasteiger charge is 2.41. The largest absolute Gasteiger partial charge is 0.391 e. The fourth-order valence-electron chi connectivity index (χ4n) is 2.18. The van der Waals surface area contributed by atoms with E-state index in [9.17, 15) is 13.2 Å². The molecule has 18 heavy (non-hydrogen) atoms. The van der Waals surface area contributed by atoms with Gasteiger partial charge in [0.25, 0.3) is 0 Å². The summed E-state index contributed by atoms with van der Waals surface area (Å²) in [6.45, 7) is 6.31. The van der Waals surface area contributed by atoms with Gasteiger partial charge in [-0.3, -0.25) is 4.90 Å². The maximum Gasteiger partial charge on any atom is 0.391 e. The highest BCUT2D eigenvalue weighted by molar-refractivity contribution is 4.77. The summed E-state index contributed by atoms with van der Waals surface area (Å²) >= 11 is 0. The van der Waals surface area contributed by atoms with Crippen molar-refractivity contribution in [2.75, 3.05) is 32.8 Å². The second-order valence-corrected chi connectivity index (χ2v) is 4.46. The summed E-state index contributed by atoms with van der Waals surface area (Å²) < 4.78 is 48.3. The fourth-order valence-corrected chi connectivity index (χ4v) is 2.18. The van der Waals surface area contributed by atoms with Crippen molar-refractivity contribution in [2.45, 2.75) is 39.2 Å². The standard InChI is InChI=1S/C12H22F3NO2/c1-3-17-11(18-4-2)9-16-7-5-10(6-8-16)12(13,14)15/h10-11H,3-9H2,1-2H3. The molecule has 108 valence electrons. The van der Waals surface area contributed by atoms with Crippen LogP contribution in [0.4, 0.5) is 13.2 Å². The van der Waals surface area contributed by atoms with Gasteiger partial charge in [-0.1, -0.05) is 0 Å². The first-order valence-electron chi connectivity index (χ1n) is 6.49. The van der Waals surface area contributed by atoms with Crippen LogP contribution in [-0.2, 0) is 9.47 Å². The number of nitrogens with zero attached hydrogens (tertiary/aromatic N) is 1. The Morgan fingerprint density at radius 2 is 1.61 bits per heavy atom. The molecule has 0 aromatic heterocycles. The molecular weight excluding hydrogens is 247 g/mol. The van der Waals surface area contributed by atoms with Crippen molar-refractivity contribution >= 4 is 0 Å². The Kier molecular flexibility index (Phi) is 6.38. The monoisotopic (exact) mass is 269 g/mol. The Morgan fingerprint density at radius 3 is 2.00 bits per heavy atom. The van der Waals surface area contributed by atoms with Crippen LogP contribution in [0, 0.1) is 5.92 Å². The maximum absolute atomic E-state index is 12.5. The van der Waals surface area contributed by atoms with E-state index in [1.807, 2.05) is 18.7 Å². The van der Waals surface area contributed by atoms with Crippen LogP contribution in [0.25, 0.3) is 0 Å². The van der Waals surface area contributed by atoms with E-state index in [1.165, 1.54) is 0 Å². The predicted molar refractivity (Wildman–Crippen MR) is 62.3 cm³/mol. The lowest BCUT2D eigenvalue weighted by Crippen LogP contribution is -2.43. The summed E-state index contributed by atoms with van der Waals surface area (Å²) in [5, 5.41) is 0. The fraction of sp³-hybridized carbons (Fsp3) is 1.00. The van der Waals surface area contributed by atoms with E-state index in [0.29, 0.717) is 32.8 Å². The molecule has 1 heterocycles. The molecule has 0 unspecified atom stereocenters. The van der Waals surface area contributed by atoms with Crippen LogP contribution >= 0.6 is 0 Å². The SMILES string of the molecule is CCOC(CN1CCC(C(F)(F)F)CC1)OCC. The average molecular weight is 269 g/mol. The van der Waals surface area contributed by atoms with Gasteiger partial charge in [0.1, 0.15) is 0 Å². The van der Waals surface area contributed by atoms with Gasteiger partial charge in [-0.05, 0) is 39.8 Å². The lowest BCUT2D eigenvalue weighted by molar-refractivity contribution is -0.190. The number of rotatable bonds is 6. The Balaban J connectivity index is 2.33. The Labute approximate surface area is 106 Å². The quantitative estimate of drug-likeness (QED) is 0.692. The van der Waals surface area contributed by atoms with E-state index < -0.39 is 12.1 Å². The number of ether oxygens (including phenoxy) is 2. The van der Waals surface area contributed by atoms with Crippen LogP contribution in [0.2, 0.25) is 0 Å². The van der Waals surface area contributed by atoms with Gasteiger partial charge >= 0.3 is 6.18 Å². The average Bonchev–Trinajstić information content (AvgIpc) is 2.29. The van der Waals surface area contributed by atoms with E-state index in [2.05, 4.69) is 0 Å². The molecule has 3 nitrogen and oxygen atoms in total. The van der Waals surface area contributed by atoms with Crippen molar-refractivity contribution < 1.29 is 22.6 Å². The highest BCUT2D eigenvalue weighted by Crippen LogP contribution is 2.34. The van der Waals surface area contributed by atoms with Crippen molar-refractivity contribution in [3.63, 3.8) is 0 Å². The molecule has 0 aromatic rings. The molecule has 1 rings (SSSR count). The van der Waals surface area contributed by atoms with E-state index in [0.717, 1.165) is 0 Å².